The first-order valence-electron chi connectivity index (χ1n) is 13.2. The third kappa shape index (κ3) is 3.46. The number of rotatable bonds is 5. The Balaban J connectivity index is 1.54. The van der Waals surface area contributed by atoms with Crippen LogP contribution >= 0.6 is 0 Å². The van der Waals surface area contributed by atoms with Crippen molar-refractivity contribution in [3.05, 3.63) is 23.3 Å². The van der Waals surface area contributed by atoms with Gasteiger partial charge in [0.25, 0.3) is 0 Å². The topological polar surface area (TPSA) is 20.2 Å². The van der Waals surface area contributed by atoms with Crippen LogP contribution in [-0.4, -0.2) is 11.2 Å². The van der Waals surface area contributed by atoms with Crippen LogP contribution in [0.5, 0.6) is 0 Å². The highest BCUT2D eigenvalue weighted by Crippen LogP contribution is 2.66. The summed E-state index contributed by atoms with van der Waals surface area (Å²) in [5, 5.41) is 10.5. The number of hydrogen-bond acceptors (Lipinski definition) is 1. The first-order valence-corrected chi connectivity index (χ1v) is 13.2. The van der Waals surface area contributed by atoms with Gasteiger partial charge in [0.05, 0.1) is 6.10 Å². The van der Waals surface area contributed by atoms with Crippen LogP contribution in [0.3, 0.4) is 0 Å². The fourth-order valence-corrected chi connectivity index (χ4v) is 8.50. The first kappa shape index (κ1) is 22.6. The van der Waals surface area contributed by atoms with E-state index >= 15 is 0 Å². The third-order valence-electron chi connectivity index (χ3n) is 11.0. The summed E-state index contributed by atoms with van der Waals surface area (Å²) in [6.07, 6.45) is 12.7. The van der Waals surface area contributed by atoms with Gasteiger partial charge in [-0.25, -0.2) is 0 Å². The normalized spacial score (nSPS) is 44.5. The summed E-state index contributed by atoms with van der Waals surface area (Å²) in [7, 11) is 0. The van der Waals surface area contributed by atoms with Crippen molar-refractivity contribution >= 4 is 0 Å². The Kier molecular flexibility index (Phi) is 6.10. The molecule has 0 spiro atoms. The molecular weight excluding hydrogens is 364 g/mol. The minimum absolute atomic E-state index is 0.0773. The van der Waals surface area contributed by atoms with Crippen LogP contribution in [0.2, 0.25) is 0 Å². The smallest absolute Gasteiger partial charge is 0.0569 e. The predicted octanol–water partition coefficient (Wildman–Crippen LogP) is 7.94. The minimum Gasteiger partial charge on any atom is -0.393 e. The van der Waals surface area contributed by atoms with Gasteiger partial charge in [-0.15, -0.1) is 0 Å². The van der Waals surface area contributed by atoms with Gasteiger partial charge in [0, 0.05) is 0 Å². The van der Waals surface area contributed by atoms with Crippen molar-refractivity contribution in [2.24, 2.45) is 46.3 Å². The Morgan fingerprint density at radius 2 is 1.80 bits per heavy atom. The van der Waals surface area contributed by atoms with E-state index in [1.165, 1.54) is 57.8 Å². The standard InChI is InChI=1S/C29H48O/c1-18(2)19(3)8-9-20(4)23-12-13-25-22-10-11-24-21(5)27(30)15-17-29(24,7)26(22)14-16-28(23,25)6/h18-19,21,23-25,27,30H,4,8-17H2,1-3,5-7H3/t19?,21-,23+,24-,25-,27-,28+,29-/m0/s1. The van der Waals surface area contributed by atoms with Gasteiger partial charge >= 0.3 is 0 Å². The lowest BCUT2D eigenvalue weighted by atomic mass is 9.49. The molecule has 0 radical (unpaired) electrons. The molecule has 4 rings (SSSR count). The molecule has 0 amide bonds. The van der Waals surface area contributed by atoms with Gasteiger partial charge in [0.1, 0.15) is 0 Å². The van der Waals surface area contributed by atoms with Crippen molar-refractivity contribution in [1.29, 1.82) is 0 Å². The van der Waals surface area contributed by atoms with Gasteiger partial charge in [-0.05, 0) is 111 Å². The highest BCUT2D eigenvalue weighted by molar-refractivity contribution is 5.36. The summed E-state index contributed by atoms with van der Waals surface area (Å²) in [5.41, 5.74) is 6.08. The van der Waals surface area contributed by atoms with Crippen LogP contribution in [0.4, 0.5) is 0 Å². The molecule has 170 valence electrons. The van der Waals surface area contributed by atoms with Gasteiger partial charge in [0.15, 0.2) is 0 Å². The lowest BCUT2D eigenvalue weighted by molar-refractivity contribution is -0.0323. The van der Waals surface area contributed by atoms with Gasteiger partial charge in [-0.2, -0.15) is 0 Å². The van der Waals surface area contributed by atoms with Crippen LogP contribution in [0.1, 0.15) is 106 Å². The Morgan fingerprint density at radius 3 is 2.50 bits per heavy atom. The van der Waals surface area contributed by atoms with Gasteiger partial charge in [0.2, 0.25) is 0 Å². The minimum atomic E-state index is -0.0773. The quantitative estimate of drug-likeness (QED) is 0.454. The van der Waals surface area contributed by atoms with E-state index in [-0.39, 0.29) is 6.10 Å². The van der Waals surface area contributed by atoms with Crippen molar-refractivity contribution < 1.29 is 5.11 Å². The molecule has 4 aliphatic rings. The summed E-state index contributed by atoms with van der Waals surface area (Å²) in [4.78, 5) is 0. The number of aliphatic hydroxyl groups excluding tert-OH is 1. The zero-order valence-electron chi connectivity index (χ0n) is 20.8. The Labute approximate surface area is 186 Å². The SMILES string of the molecule is C=C(CCC(C)C(C)C)[C@H]1CC[C@H]2C3=C(CC[C@]12C)[C@@]1(C)CC[C@H](O)[C@@H](C)[C@@H]1CC3. The van der Waals surface area contributed by atoms with Crippen LogP contribution in [-0.2, 0) is 0 Å². The van der Waals surface area contributed by atoms with E-state index in [1.807, 2.05) is 11.1 Å². The van der Waals surface area contributed by atoms with E-state index in [9.17, 15) is 5.11 Å². The molecule has 0 aliphatic heterocycles. The molecule has 1 N–H and O–H groups in total. The molecule has 0 heterocycles. The molecule has 8 atom stereocenters. The average Bonchev–Trinajstić information content (AvgIpc) is 3.06. The second-order valence-electron chi connectivity index (χ2n) is 12.6. The average molecular weight is 413 g/mol. The molecule has 0 aromatic rings. The van der Waals surface area contributed by atoms with E-state index in [1.54, 1.807) is 5.57 Å². The molecule has 30 heavy (non-hydrogen) atoms. The maximum Gasteiger partial charge on any atom is 0.0569 e. The summed E-state index contributed by atoms with van der Waals surface area (Å²) in [6, 6.07) is 0. The number of fused-ring (bicyclic) bond motifs is 4. The van der Waals surface area contributed by atoms with Crippen LogP contribution in [0.25, 0.3) is 0 Å². The molecule has 4 aliphatic carbocycles. The van der Waals surface area contributed by atoms with Crippen molar-refractivity contribution in [2.75, 3.05) is 0 Å². The highest BCUT2D eigenvalue weighted by Gasteiger charge is 2.56. The van der Waals surface area contributed by atoms with Crippen molar-refractivity contribution in [3.63, 3.8) is 0 Å². The Hall–Kier alpha value is -0.560. The molecular formula is C29H48O. The fraction of sp³-hybridized carbons (Fsp3) is 0.862. The van der Waals surface area contributed by atoms with Crippen LogP contribution < -0.4 is 0 Å². The highest BCUT2D eigenvalue weighted by atomic mass is 16.3. The maximum atomic E-state index is 10.5. The Bertz CT molecular complexity index is 701. The van der Waals surface area contributed by atoms with Crippen molar-refractivity contribution in [3.8, 4) is 0 Å². The molecule has 1 heteroatoms. The fourth-order valence-electron chi connectivity index (χ4n) is 8.50. The molecule has 2 fully saturated rings. The van der Waals surface area contributed by atoms with E-state index in [4.69, 9.17) is 0 Å². The van der Waals surface area contributed by atoms with E-state index < -0.39 is 0 Å². The zero-order chi connectivity index (χ0) is 21.8. The maximum absolute atomic E-state index is 10.5. The van der Waals surface area contributed by atoms with Crippen LogP contribution in [0.15, 0.2) is 23.3 Å². The van der Waals surface area contributed by atoms with Gasteiger partial charge in [-0.3, -0.25) is 0 Å². The predicted molar refractivity (Wildman–Crippen MR) is 128 cm³/mol. The molecule has 0 aromatic carbocycles. The second-order valence-corrected chi connectivity index (χ2v) is 12.6. The number of aliphatic hydroxyl groups is 1. The van der Waals surface area contributed by atoms with E-state index in [0.29, 0.717) is 22.7 Å². The molecule has 0 saturated heterocycles. The largest absolute Gasteiger partial charge is 0.393 e. The summed E-state index contributed by atoms with van der Waals surface area (Å²) in [6.45, 7) is 19.3. The lowest BCUT2D eigenvalue weighted by Gasteiger charge is -2.56. The molecule has 0 aromatic heterocycles. The molecule has 2 saturated carbocycles. The van der Waals surface area contributed by atoms with E-state index in [0.717, 1.165) is 30.1 Å². The van der Waals surface area contributed by atoms with E-state index in [2.05, 4.69) is 48.1 Å². The first-order chi connectivity index (χ1) is 14.1. The molecule has 0 bridgehead atoms. The summed E-state index contributed by atoms with van der Waals surface area (Å²) in [5.74, 6) is 4.25. The molecule has 1 nitrogen and oxygen atoms in total. The summed E-state index contributed by atoms with van der Waals surface area (Å²) >= 11 is 0. The Morgan fingerprint density at radius 1 is 1.07 bits per heavy atom. The summed E-state index contributed by atoms with van der Waals surface area (Å²) < 4.78 is 0. The van der Waals surface area contributed by atoms with Crippen molar-refractivity contribution in [2.45, 2.75) is 112 Å². The monoisotopic (exact) mass is 412 g/mol. The molecule has 1 unspecified atom stereocenters. The number of allylic oxidation sites excluding steroid dienone is 3. The lowest BCUT2D eigenvalue weighted by Crippen LogP contribution is -2.48. The van der Waals surface area contributed by atoms with Crippen molar-refractivity contribution in [1.82, 2.24) is 0 Å². The second kappa shape index (κ2) is 8.09. The van der Waals surface area contributed by atoms with Gasteiger partial charge < -0.3 is 5.11 Å². The third-order valence-corrected chi connectivity index (χ3v) is 11.0. The van der Waals surface area contributed by atoms with Gasteiger partial charge in [-0.1, -0.05) is 64.8 Å². The zero-order valence-corrected chi connectivity index (χ0v) is 20.8. The van der Waals surface area contributed by atoms with Crippen LogP contribution in [0, 0.1) is 46.3 Å². The number of hydrogen-bond donors (Lipinski definition) is 1.